The van der Waals surface area contributed by atoms with Gasteiger partial charge in [0.15, 0.2) is 0 Å². The Morgan fingerprint density at radius 2 is 0.643 bits per heavy atom. The van der Waals surface area contributed by atoms with Gasteiger partial charge in [-0.3, -0.25) is 24.0 Å². The molecule has 11 heteroatoms. The second-order valence-corrected chi connectivity index (χ2v) is 20.7. The van der Waals surface area contributed by atoms with Crippen molar-refractivity contribution < 1.29 is 42.9 Å². The Balaban J connectivity index is 5.23. The molecular weight excluding hydrogens is 881 g/mol. The van der Waals surface area contributed by atoms with Crippen molar-refractivity contribution in [2.75, 3.05) is 40.4 Å². The van der Waals surface area contributed by atoms with E-state index in [0.717, 1.165) is 135 Å². The Bertz CT molecular complexity index is 1230. The highest BCUT2D eigenvalue weighted by molar-refractivity contribution is 5.77. The number of carbonyl (C=O) groups excluding carboxylic acids is 5. The van der Waals surface area contributed by atoms with Crippen molar-refractivity contribution >= 4 is 29.8 Å². The van der Waals surface area contributed by atoms with Gasteiger partial charge in [0, 0.05) is 38.6 Å². The standard InChI is InChI=1S/C59H112N2O9/c1-8-13-18-22-24-33-43-55(62)61(49-38-48-60(6)7)52(50-67-56(63)44-34-25-27-36-46-58(65)69-53(39-29-17-12-5)42-32-23-19-14-9-2)51-68-57(64)45-35-26-28-37-47-59(66)70-54(40-30-20-15-10-3)41-31-21-16-11-4/h52-54H,8-51H2,1-7H3. The molecule has 0 rings (SSSR count). The number of ether oxygens (including phenoxy) is 4. The van der Waals surface area contributed by atoms with E-state index >= 15 is 0 Å². The van der Waals surface area contributed by atoms with Crippen LogP contribution in [0.5, 0.6) is 0 Å². The quantitative estimate of drug-likeness (QED) is 0.0330. The maximum Gasteiger partial charge on any atom is 0.306 e. The molecule has 2 atom stereocenters. The van der Waals surface area contributed by atoms with E-state index in [1.54, 1.807) is 4.90 Å². The van der Waals surface area contributed by atoms with Crippen molar-refractivity contribution in [1.82, 2.24) is 9.80 Å². The van der Waals surface area contributed by atoms with E-state index in [4.69, 9.17) is 18.9 Å². The predicted molar refractivity (Wildman–Crippen MR) is 289 cm³/mol. The number of unbranched alkanes of at least 4 members (excludes halogenated alkanes) is 23. The van der Waals surface area contributed by atoms with Gasteiger partial charge in [-0.15, -0.1) is 0 Å². The van der Waals surface area contributed by atoms with Crippen molar-refractivity contribution in [2.24, 2.45) is 0 Å². The molecule has 1 amide bonds. The summed E-state index contributed by atoms with van der Waals surface area (Å²) in [5, 5.41) is 0. The average molecular weight is 994 g/mol. The highest BCUT2D eigenvalue weighted by Crippen LogP contribution is 2.20. The second kappa shape index (κ2) is 49.9. The van der Waals surface area contributed by atoms with E-state index in [1.165, 1.54) is 83.5 Å². The monoisotopic (exact) mass is 993 g/mol. The first-order valence-electron chi connectivity index (χ1n) is 29.6. The lowest BCUT2D eigenvalue weighted by Gasteiger charge is -2.32. The molecule has 412 valence electrons. The number of esters is 4. The molecule has 0 bridgehead atoms. The molecule has 0 aliphatic rings. The van der Waals surface area contributed by atoms with Crippen LogP contribution in [0.15, 0.2) is 0 Å². The van der Waals surface area contributed by atoms with Gasteiger partial charge in [0.05, 0.1) is 6.04 Å². The molecule has 0 aromatic carbocycles. The van der Waals surface area contributed by atoms with Gasteiger partial charge in [0.25, 0.3) is 0 Å². The Kier molecular flexibility index (Phi) is 48.0. The Morgan fingerprint density at radius 1 is 0.343 bits per heavy atom. The zero-order chi connectivity index (χ0) is 51.7. The molecule has 0 aliphatic heterocycles. The number of hydrogen-bond acceptors (Lipinski definition) is 10. The molecular formula is C59H112N2O9. The number of carbonyl (C=O) groups is 5. The summed E-state index contributed by atoms with van der Waals surface area (Å²) in [6.07, 6.45) is 37.6. The van der Waals surface area contributed by atoms with Crippen LogP contribution in [0.4, 0.5) is 0 Å². The van der Waals surface area contributed by atoms with Gasteiger partial charge in [-0.05, 0) is 111 Å². The summed E-state index contributed by atoms with van der Waals surface area (Å²) in [5.74, 6) is -0.885. The van der Waals surface area contributed by atoms with Crippen LogP contribution < -0.4 is 0 Å². The second-order valence-electron chi connectivity index (χ2n) is 20.7. The Morgan fingerprint density at radius 3 is 1.03 bits per heavy atom. The minimum atomic E-state index is -0.580. The predicted octanol–water partition coefficient (Wildman–Crippen LogP) is 15.4. The number of nitrogens with zero attached hydrogens (tertiary/aromatic N) is 2. The third kappa shape index (κ3) is 42.9. The lowest BCUT2D eigenvalue weighted by molar-refractivity contribution is -0.155. The molecule has 0 spiro atoms. The van der Waals surface area contributed by atoms with Crippen molar-refractivity contribution in [3.8, 4) is 0 Å². The highest BCUT2D eigenvalue weighted by Gasteiger charge is 2.27. The van der Waals surface area contributed by atoms with Crippen LogP contribution in [0.25, 0.3) is 0 Å². The molecule has 0 saturated heterocycles. The summed E-state index contributed by atoms with van der Waals surface area (Å²) >= 11 is 0. The van der Waals surface area contributed by atoms with E-state index in [-0.39, 0.29) is 68.0 Å². The van der Waals surface area contributed by atoms with Crippen LogP contribution in [0.3, 0.4) is 0 Å². The molecule has 0 saturated carbocycles. The third-order valence-electron chi connectivity index (χ3n) is 13.5. The van der Waals surface area contributed by atoms with Crippen LogP contribution in [0.1, 0.15) is 291 Å². The Hall–Kier alpha value is -2.69. The van der Waals surface area contributed by atoms with E-state index in [9.17, 15) is 24.0 Å². The minimum Gasteiger partial charge on any atom is -0.463 e. The lowest BCUT2D eigenvalue weighted by atomic mass is 10.0. The summed E-state index contributed by atoms with van der Waals surface area (Å²) in [7, 11) is 4.01. The fraction of sp³-hybridized carbons (Fsp3) is 0.915. The first-order valence-corrected chi connectivity index (χ1v) is 29.6. The van der Waals surface area contributed by atoms with Crippen molar-refractivity contribution in [2.45, 2.75) is 310 Å². The summed E-state index contributed by atoms with van der Waals surface area (Å²) in [6, 6.07) is -0.580. The normalized spacial score (nSPS) is 12.3. The average Bonchev–Trinajstić information content (AvgIpc) is 3.33. The number of amides is 1. The van der Waals surface area contributed by atoms with E-state index in [0.29, 0.717) is 38.6 Å². The Labute approximate surface area is 431 Å². The van der Waals surface area contributed by atoms with E-state index < -0.39 is 6.04 Å². The van der Waals surface area contributed by atoms with Gasteiger partial charge in [0.2, 0.25) is 5.91 Å². The first kappa shape index (κ1) is 67.3. The zero-order valence-corrected chi connectivity index (χ0v) is 46.9. The van der Waals surface area contributed by atoms with Crippen LogP contribution in [-0.4, -0.2) is 98.2 Å². The van der Waals surface area contributed by atoms with E-state index in [1.807, 2.05) is 14.1 Å². The molecule has 0 aliphatic carbocycles. The van der Waals surface area contributed by atoms with Gasteiger partial charge in [-0.25, -0.2) is 0 Å². The molecule has 0 heterocycles. The third-order valence-corrected chi connectivity index (χ3v) is 13.5. The largest absolute Gasteiger partial charge is 0.463 e. The molecule has 2 unspecified atom stereocenters. The smallest absolute Gasteiger partial charge is 0.306 e. The van der Waals surface area contributed by atoms with Gasteiger partial charge in [-0.2, -0.15) is 0 Å². The van der Waals surface area contributed by atoms with Crippen molar-refractivity contribution in [3.63, 3.8) is 0 Å². The van der Waals surface area contributed by atoms with E-state index in [2.05, 4.69) is 39.5 Å². The van der Waals surface area contributed by atoms with Crippen molar-refractivity contribution in [3.05, 3.63) is 0 Å². The minimum absolute atomic E-state index is 0.00181. The van der Waals surface area contributed by atoms with Crippen molar-refractivity contribution in [1.29, 1.82) is 0 Å². The lowest BCUT2D eigenvalue weighted by Crippen LogP contribution is -2.47. The van der Waals surface area contributed by atoms with Crippen LogP contribution >= 0.6 is 0 Å². The number of hydrogen-bond donors (Lipinski definition) is 0. The van der Waals surface area contributed by atoms with Gasteiger partial charge in [-0.1, -0.05) is 169 Å². The fourth-order valence-electron chi connectivity index (χ4n) is 9.01. The molecule has 0 N–H and O–H groups in total. The molecule has 70 heavy (non-hydrogen) atoms. The maximum absolute atomic E-state index is 13.8. The van der Waals surface area contributed by atoms with Crippen LogP contribution in [0, 0.1) is 0 Å². The number of rotatable bonds is 52. The summed E-state index contributed by atoms with van der Waals surface area (Å²) in [5.41, 5.74) is 0. The summed E-state index contributed by atoms with van der Waals surface area (Å²) in [4.78, 5) is 69.4. The van der Waals surface area contributed by atoms with Crippen LogP contribution in [0.2, 0.25) is 0 Å². The fourth-order valence-corrected chi connectivity index (χ4v) is 9.01. The molecule has 0 fully saturated rings. The van der Waals surface area contributed by atoms with Gasteiger partial charge >= 0.3 is 23.9 Å². The van der Waals surface area contributed by atoms with Gasteiger partial charge in [0.1, 0.15) is 25.4 Å². The molecule has 11 nitrogen and oxygen atoms in total. The molecule has 0 radical (unpaired) electrons. The topological polar surface area (TPSA) is 129 Å². The molecule has 0 aromatic rings. The zero-order valence-electron chi connectivity index (χ0n) is 46.9. The first-order chi connectivity index (χ1) is 34.0. The SMILES string of the molecule is CCCCCCCCC(=O)N(CCCN(C)C)C(COC(=O)CCCCCCC(=O)OC(CCCCC)CCCCCCC)COC(=O)CCCCCCC(=O)OC(CCCCCC)CCCCCC. The van der Waals surface area contributed by atoms with Gasteiger partial charge < -0.3 is 28.7 Å². The highest BCUT2D eigenvalue weighted by atomic mass is 16.6. The summed E-state index contributed by atoms with van der Waals surface area (Å²) < 4.78 is 23.5. The molecule has 0 aromatic heterocycles. The maximum atomic E-state index is 13.8. The summed E-state index contributed by atoms with van der Waals surface area (Å²) in [6.45, 7) is 12.2. The van der Waals surface area contributed by atoms with Crippen LogP contribution in [-0.2, 0) is 42.9 Å².